The monoisotopic (exact) mass is 447 g/mol. The molecule has 3 atom stereocenters. The number of hydrogen-bond donors (Lipinski definition) is 3. The number of carbonyl (C=O) groups excluding carboxylic acids is 1. The number of ether oxygens (including phenoxy) is 1. The van der Waals surface area contributed by atoms with E-state index < -0.39 is 18.3 Å². The van der Waals surface area contributed by atoms with Crippen molar-refractivity contribution in [2.24, 2.45) is 5.92 Å². The summed E-state index contributed by atoms with van der Waals surface area (Å²) >= 11 is 1.60. The Hall–Kier alpha value is -2.80. The Bertz CT molecular complexity index is 879. The smallest absolute Gasteiger partial charge is 0.475 e. The average molecular weight is 447 g/mol. The largest absolute Gasteiger partial charge is 0.512 e. The molecule has 30 heavy (non-hydrogen) atoms. The molecular weight excluding hydrogens is 431 g/mol. The van der Waals surface area contributed by atoms with Crippen LogP contribution in [0.25, 0.3) is 0 Å². The molecular formula is C17H16F3N3O6S. The van der Waals surface area contributed by atoms with Gasteiger partial charge in [0.2, 0.25) is 11.8 Å². The van der Waals surface area contributed by atoms with Crippen LogP contribution in [-0.4, -0.2) is 68.7 Å². The lowest BCUT2D eigenvalue weighted by Gasteiger charge is -2.48. The fourth-order valence-electron chi connectivity index (χ4n) is 3.59. The maximum atomic E-state index is 12.2. The number of nitrogens with one attached hydrogen (secondary N) is 1. The number of pyridine rings is 1. The fourth-order valence-corrected chi connectivity index (χ4v) is 4.56. The van der Waals surface area contributed by atoms with Crippen molar-refractivity contribution in [2.75, 3.05) is 12.3 Å². The summed E-state index contributed by atoms with van der Waals surface area (Å²) in [6.07, 6.45) is -2.15. The minimum Gasteiger partial charge on any atom is -0.475 e. The molecule has 3 aliphatic rings. The number of amides is 1. The normalized spacial score (nSPS) is 24.4. The molecule has 0 aromatic carbocycles. The van der Waals surface area contributed by atoms with Crippen molar-refractivity contribution >= 4 is 29.8 Å². The van der Waals surface area contributed by atoms with Gasteiger partial charge < -0.3 is 20.3 Å². The zero-order chi connectivity index (χ0) is 22.1. The summed E-state index contributed by atoms with van der Waals surface area (Å²) in [6, 6.07) is 3.61. The molecule has 1 aromatic rings. The Labute approximate surface area is 171 Å². The summed E-state index contributed by atoms with van der Waals surface area (Å²) < 4.78 is 36.7. The van der Waals surface area contributed by atoms with Crippen molar-refractivity contribution in [1.82, 2.24) is 15.2 Å². The molecule has 2 saturated heterocycles. The molecule has 4 heterocycles. The van der Waals surface area contributed by atoms with Gasteiger partial charge in [0.15, 0.2) is 0 Å². The zero-order valence-electron chi connectivity index (χ0n) is 15.1. The Balaban J connectivity index is 0.000000318. The van der Waals surface area contributed by atoms with Gasteiger partial charge in [-0.1, -0.05) is 0 Å². The third kappa shape index (κ3) is 4.36. The van der Waals surface area contributed by atoms with Crippen molar-refractivity contribution in [3.63, 3.8) is 0 Å². The van der Waals surface area contributed by atoms with Gasteiger partial charge in [-0.05, 0) is 25.1 Å². The first-order chi connectivity index (χ1) is 14.1. The van der Waals surface area contributed by atoms with Crippen molar-refractivity contribution in [3.8, 4) is 0 Å². The van der Waals surface area contributed by atoms with Gasteiger partial charge >= 0.3 is 18.3 Å². The number of piperidine rings is 1. The van der Waals surface area contributed by atoms with Crippen molar-refractivity contribution in [2.45, 2.75) is 29.6 Å². The van der Waals surface area contributed by atoms with Gasteiger partial charge in [-0.3, -0.25) is 14.7 Å². The van der Waals surface area contributed by atoms with Gasteiger partial charge in [-0.15, -0.1) is 11.8 Å². The van der Waals surface area contributed by atoms with Gasteiger partial charge in [-0.2, -0.15) is 13.2 Å². The molecule has 1 unspecified atom stereocenters. The first-order valence-corrected chi connectivity index (χ1v) is 9.63. The van der Waals surface area contributed by atoms with Crippen LogP contribution in [0.2, 0.25) is 0 Å². The highest BCUT2D eigenvalue weighted by atomic mass is 32.2. The third-order valence-electron chi connectivity index (χ3n) is 4.79. The van der Waals surface area contributed by atoms with Gasteiger partial charge in [-0.25, -0.2) is 9.59 Å². The predicted octanol–water partition coefficient (Wildman–Crippen LogP) is 1.92. The minimum atomic E-state index is -5.08. The maximum Gasteiger partial charge on any atom is 0.512 e. The number of nitrogens with zero attached hydrogens (tertiary/aromatic N) is 2. The van der Waals surface area contributed by atoms with Crippen LogP contribution in [0.5, 0.6) is 0 Å². The van der Waals surface area contributed by atoms with Crippen LogP contribution < -0.4 is 5.32 Å². The molecule has 9 nitrogen and oxygen atoms in total. The van der Waals surface area contributed by atoms with Crippen molar-refractivity contribution in [1.29, 1.82) is 0 Å². The van der Waals surface area contributed by atoms with Crippen LogP contribution in [0, 0.1) is 5.92 Å². The van der Waals surface area contributed by atoms with Gasteiger partial charge in [0.25, 0.3) is 0 Å². The Kier molecular flexibility index (Phi) is 6.22. The van der Waals surface area contributed by atoms with Crippen LogP contribution in [0.4, 0.5) is 18.0 Å². The standard InChI is InChI=1S/C15H15N3O4S.C2HF3O2/c19-13-11-12-9(3-6-17-11)10(14(18(12)13)22-15(20)21)7-23-8-1-4-16-5-2-8;3-2(4,5)1(6)7/h1-2,4-5,9,11-12,17H,3,6-7H2,(H,20,21);(H,6,7)/t9?,11-,12+;/m0./s1. The summed E-state index contributed by atoms with van der Waals surface area (Å²) in [5.74, 6) is -1.86. The second kappa shape index (κ2) is 8.52. The quantitative estimate of drug-likeness (QED) is 0.360. The predicted molar refractivity (Wildman–Crippen MR) is 95.3 cm³/mol. The van der Waals surface area contributed by atoms with Crippen molar-refractivity contribution < 1.29 is 42.5 Å². The molecule has 0 aliphatic carbocycles. The van der Waals surface area contributed by atoms with Crippen LogP contribution >= 0.6 is 11.8 Å². The summed E-state index contributed by atoms with van der Waals surface area (Å²) in [4.78, 5) is 38.7. The fraction of sp³-hybridized carbons (Fsp3) is 0.412. The number of rotatable bonds is 4. The van der Waals surface area contributed by atoms with E-state index in [2.05, 4.69) is 10.3 Å². The van der Waals surface area contributed by atoms with Crippen LogP contribution in [0.3, 0.4) is 0 Å². The lowest BCUT2D eigenvalue weighted by atomic mass is 9.80. The van der Waals surface area contributed by atoms with Gasteiger partial charge in [0.1, 0.15) is 6.04 Å². The zero-order valence-corrected chi connectivity index (χ0v) is 15.9. The van der Waals surface area contributed by atoms with E-state index in [4.69, 9.17) is 19.7 Å². The molecule has 162 valence electrons. The highest BCUT2D eigenvalue weighted by Crippen LogP contribution is 2.47. The SMILES string of the molecule is O=C(O)C(F)(F)F.O=C(O)OC1=C(CSc2ccncc2)C2CCN[C@@H]3C(=O)N1[C@H]23. The molecule has 1 aromatic heterocycles. The summed E-state index contributed by atoms with van der Waals surface area (Å²) in [7, 11) is 0. The first-order valence-electron chi connectivity index (χ1n) is 8.64. The number of aromatic nitrogens is 1. The molecule has 0 bridgehead atoms. The number of alkyl halides is 3. The second-order valence-electron chi connectivity index (χ2n) is 6.50. The van der Waals surface area contributed by atoms with Gasteiger partial charge in [0, 0.05) is 34.5 Å². The Morgan fingerprint density at radius 3 is 2.50 bits per heavy atom. The van der Waals surface area contributed by atoms with E-state index in [1.807, 2.05) is 12.1 Å². The number of thioether (sulfide) groups is 1. The Morgan fingerprint density at radius 1 is 1.30 bits per heavy atom. The number of β-lactam (4-membered cyclic amide) rings is 1. The highest BCUT2D eigenvalue weighted by Gasteiger charge is 2.60. The average Bonchev–Trinajstić information content (AvgIpc) is 2.97. The van der Waals surface area contributed by atoms with Crippen molar-refractivity contribution in [3.05, 3.63) is 36.0 Å². The van der Waals surface area contributed by atoms with Gasteiger partial charge in [0.05, 0.1) is 6.04 Å². The number of aliphatic carboxylic acids is 1. The second-order valence-corrected chi connectivity index (χ2v) is 7.55. The van der Waals surface area contributed by atoms with Crippen LogP contribution in [-0.2, 0) is 14.3 Å². The molecule has 0 radical (unpaired) electrons. The lowest BCUT2D eigenvalue weighted by Crippen LogP contribution is -2.71. The molecule has 3 N–H and O–H groups in total. The molecule has 3 aliphatic heterocycles. The number of halogens is 3. The third-order valence-corrected chi connectivity index (χ3v) is 5.85. The highest BCUT2D eigenvalue weighted by molar-refractivity contribution is 7.99. The summed E-state index contributed by atoms with van der Waals surface area (Å²) in [5, 5.41) is 19.3. The van der Waals surface area contributed by atoms with Crippen LogP contribution in [0.15, 0.2) is 40.9 Å². The molecule has 2 fully saturated rings. The molecule has 0 spiro atoms. The Morgan fingerprint density at radius 2 is 1.93 bits per heavy atom. The van der Waals surface area contributed by atoms with E-state index in [1.165, 1.54) is 4.90 Å². The van der Waals surface area contributed by atoms with E-state index in [9.17, 15) is 22.8 Å². The van der Waals surface area contributed by atoms with E-state index in [1.54, 1.807) is 24.2 Å². The van der Waals surface area contributed by atoms with E-state index in [0.29, 0.717) is 5.75 Å². The number of hydrogen-bond acceptors (Lipinski definition) is 7. The van der Waals surface area contributed by atoms with E-state index in [-0.39, 0.29) is 29.8 Å². The lowest BCUT2D eigenvalue weighted by molar-refractivity contribution is -0.192. The maximum absolute atomic E-state index is 12.2. The molecule has 1 amide bonds. The topological polar surface area (TPSA) is 129 Å². The van der Waals surface area contributed by atoms with E-state index >= 15 is 0 Å². The van der Waals surface area contributed by atoms with E-state index in [0.717, 1.165) is 23.4 Å². The minimum absolute atomic E-state index is 0.00126. The summed E-state index contributed by atoms with van der Waals surface area (Å²) in [6.45, 7) is 0.759. The molecule has 0 saturated carbocycles. The summed E-state index contributed by atoms with van der Waals surface area (Å²) in [5.41, 5.74) is 0.913. The molecule has 4 rings (SSSR count). The number of carboxylic acids is 1. The number of carboxylic acid groups (broad SMARTS) is 2. The van der Waals surface area contributed by atoms with Crippen LogP contribution in [0.1, 0.15) is 6.42 Å². The molecule has 13 heteroatoms. The number of carbonyl (C=O) groups is 3. The first kappa shape index (κ1) is 21.9.